The average molecular weight is 494 g/mol. The van der Waals surface area contributed by atoms with E-state index in [4.69, 9.17) is 9.26 Å². The van der Waals surface area contributed by atoms with Gasteiger partial charge in [-0.3, -0.25) is 14.6 Å². The summed E-state index contributed by atoms with van der Waals surface area (Å²) in [5.74, 6) is 1.83. The molecule has 9 heteroatoms. The predicted molar refractivity (Wildman–Crippen MR) is 140 cm³/mol. The van der Waals surface area contributed by atoms with E-state index in [0.717, 1.165) is 55.0 Å². The first kappa shape index (κ1) is 26.9. The van der Waals surface area contributed by atoms with Crippen molar-refractivity contribution in [2.24, 2.45) is 0 Å². The van der Waals surface area contributed by atoms with Crippen LogP contribution in [0.5, 0.6) is 5.75 Å². The van der Waals surface area contributed by atoms with Crippen molar-refractivity contribution in [3.05, 3.63) is 65.7 Å². The van der Waals surface area contributed by atoms with Gasteiger partial charge in [-0.05, 0) is 49.7 Å². The number of ether oxygens (including phenoxy) is 1. The van der Waals surface area contributed by atoms with E-state index in [0.29, 0.717) is 17.9 Å². The lowest BCUT2D eigenvalue weighted by Gasteiger charge is -2.23. The molecule has 36 heavy (non-hydrogen) atoms. The van der Waals surface area contributed by atoms with Crippen molar-refractivity contribution < 1.29 is 18.8 Å². The number of aldehydes is 1. The Morgan fingerprint density at radius 1 is 1.17 bits per heavy atom. The summed E-state index contributed by atoms with van der Waals surface area (Å²) in [6, 6.07) is 13.0. The van der Waals surface area contributed by atoms with Crippen molar-refractivity contribution in [3.63, 3.8) is 0 Å². The number of amides is 1. The van der Waals surface area contributed by atoms with Gasteiger partial charge in [-0.15, -0.1) is 0 Å². The molecule has 2 aromatic heterocycles. The zero-order valence-electron chi connectivity index (χ0n) is 21.3. The van der Waals surface area contributed by atoms with Gasteiger partial charge < -0.3 is 25.2 Å². The van der Waals surface area contributed by atoms with E-state index >= 15 is 0 Å². The molecule has 0 bridgehead atoms. The summed E-state index contributed by atoms with van der Waals surface area (Å²) in [7, 11) is 1.86. The number of hydrogen-bond acceptors (Lipinski definition) is 8. The number of carbonyl (C=O) groups excluding carboxylic acids is 2. The maximum absolute atomic E-state index is 12.0. The van der Waals surface area contributed by atoms with Crippen molar-refractivity contribution in [3.8, 4) is 5.75 Å². The lowest BCUT2D eigenvalue weighted by atomic mass is 9.93. The molecule has 1 aliphatic heterocycles. The average Bonchev–Trinajstić information content (AvgIpc) is 3.35. The number of anilines is 2. The summed E-state index contributed by atoms with van der Waals surface area (Å²) in [6.07, 6.45) is 4.92. The van der Waals surface area contributed by atoms with Crippen LogP contribution in [-0.4, -0.2) is 48.6 Å². The van der Waals surface area contributed by atoms with Gasteiger partial charge in [0, 0.05) is 36.5 Å². The molecule has 4 rings (SSSR count). The summed E-state index contributed by atoms with van der Waals surface area (Å²) >= 11 is 0. The van der Waals surface area contributed by atoms with Crippen LogP contribution >= 0.6 is 0 Å². The molecule has 0 unspecified atom stereocenters. The van der Waals surface area contributed by atoms with Gasteiger partial charge in [-0.25, -0.2) is 0 Å². The Balaban J connectivity index is 0.000000212. The number of pyridine rings is 1. The number of hydrogen-bond donors (Lipinski definition) is 3. The van der Waals surface area contributed by atoms with Crippen LogP contribution in [0, 0.1) is 0 Å². The second-order valence-electron chi connectivity index (χ2n) is 9.60. The molecule has 0 radical (unpaired) electrons. The fourth-order valence-electron chi connectivity index (χ4n) is 3.52. The number of nitrogens with zero attached hydrogens (tertiary/aromatic N) is 2. The second-order valence-corrected chi connectivity index (χ2v) is 9.60. The van der Waals surface area contributed by atoms with Gasteiger partial charge in [-0.2, -0.15) is 0 Å². The molecular weight excluding hydrogens is 458 g/mol. The fraction of sp³-hybridized carbons (Fsp3) is 0.407. The Labute approximate surface area is 212 Å². The maximum Gasteiger partial charge on any atom is 0.230 e. The van der Waals surface area contributed by atoms with Gasteiger partial charge in [-0.1, -0.05) is 38.1 Å². The van der Waals surface area contributed by atoms with Crippen molar-refractivity contribution in [1.29, 1.82) is 0 Å². The molecule has 1 fully saturated rings. The highest BCUT2D eigenvalue weighted by atomic mass is 16.5. The minimum atomic E-state index is -0.126. The van der Waals surface area contributed by atoms with Gasteiger partial charge in [0.15, 0.2) is 12.1 Å². The molecule has 3 heterocycles. The van der Waals surface area contributed by atoms with Crippen LogP contribution in [-0.2, 0) is 16.6 Å². The number of rotatable bonds is 7. The van der Waals surface area contributed by atoms with Crippen LogP contribution in [0.4, 0.5) is 11.5 Å². The lowest BCUT2D eigenvalue weighted by molar-refractivity contribution is -0.115. The first-order valence-corrected chi connectivity index (χ1v) is 12.1. The molecule has 9 nitrogen and oxygen atoms in total. The summed E-state index contributed by atoms with van der Waals surface area (Å²) < 4.78 is 11.0. The van der Waals surface area contributed by atoms with Gasteiger partial charge in [0.25, 0.3) is 0 Å². The molecule has 0 aliphatic carbocycles. The number of aromatic nitrogens is 2. The van der Waals surface area contributed by atoms with E-state index in [2.05, 4.69) is 26.1 Å². The Morgan fingerprint density at radius 3 is 2.50 bits per heavy atom. The van der Waals surface area contributed by atoms with Gasteiger partial charge in [0.05, 0.1) is 6.42 Å². The zero-order valence-corrected chi connectivity index (χ0v) is 21.3. The lowest BCUT2D eigenvalue weighted by Crippen LogP contribution is -2.34. The van der Waals surface area contributed by atoms with Crippen LogP contribution in [0.2, 0.25) is 0 Å². The van der Waals surface area contributed by atoms with Crippen LogP contribution in [0.15, 0.2) is 53.2 Å². The van der Waals surface area contributed by atoms with E-state index in [1.807, 2.05) is 52.1 Å². The van der Waals surface area contributed by atoms with Crippen LogP contribution < -0.4 is 20.7 Å². The van der Waals surface area contributed by atoms with Crippen molar-refractivity contribution in [2.75, 3.05) is 30.8 Å². The molecule has 1 aromatic carbocycles. The standard InChI is InChI=1S/C16H21N3O2.C11H14N2O2/c1-16(2,3)13-10-14(19-21-13)18-15(20)9-11-5-7-12(17-4)8-6-11;14-8-9-7-11(3-6-13-9)15-10-1-4-12-5-2-10/h5-8,10,17H,9H2,1-4H3,(H,18,19,20);3,6-8,10,12H,1-2,4-5H2. The van der Waals surface area contributed by atoms with Crippen molar-refractivity contribution in [1.82, 2.24) is 15.5 Å². The molecule has 1 aliphatic rings. The third-order valence-corrected chi connectivity index (χ3v) is 5.59. The number of piperidine rings is 1. The summed E-state index contributed by atoms with van der Waals surface area (Å²) in [5, 5.41) is 12.9. The third kappa shape index (κ3) is 8.49. The molecule has 3 aromatic rings. The Kier molecular flexibility index (Phi) is 9.58. The molecule has 0 atom stereocenters. The van der Waals surface area contributed by atoms with E-state index in [9.17, 15) is 9.59 Å². The Morgan fingerprint density at radius 2 is 1.89 bits per heavy atom. The van der Waals surface area contributed by atoms with Gasteiger partial charge >= 0.3 is 0 Å². The summed E-state index contributed by atoms with van der Waals surface area (Å²) in [5.41, 5.74) is 2.26. The third-order valence-electron chi connectivity index (χ3n) is 5.59. The van der Waals surface area contributed by atoms with Crippen LogP contribution in [0.25, 0.3) is 0 Å². The SMILES string of the molecule is CNc1ccc(CC(=O)Nc2cc(C(C)(C)C)on2)cc1.O=Cc1cc(OC2CCNCC2)ccn1. The van der Waals surface area contributed by atoms with E-state index < -0.39 is 0 Å². The van der Waals surface area contributed by atoms with Crippen LogP contribution in [0.3, 0.4) is 0 Å². The van der Waals surface area contributed by atoms with E-state index in [1.165, 1.54) is 0 Å². The minimum Gasteiger partial charge on any atom is -0.490 e. The molecule has 0 saturated carbocycles. The number of benzene rings is 1. The van der Waals surface area contributed by atoms with Gasteiger partial charge in [0.2, 0.25) is 5.91 Å². The molecule has 0 spiro atoms. The summed E-state index contributed by atoms with van der Waals surface area (Å²) in [4.78, 5) is 26.4. The largest absolute Gasteiger partial charge is 0.490 e. The van der Waals surface area contributed by atoms with Crippen molar-refractivity contribution >= 4 is 23.7 Å². The molecule has 1 saturated heterocycles. The van der Waals surface area contributed by atoms with Crippen molar-refractivity contribution in [2.45, 2.75) is 51.6 Å². The summed E-state index contributed by atoms with van der Waals surface area (Å²) in [6.45, 7) is 8.08. The highest BCUT2D eigenvalue weighted by Crippen LogP contribution is 2.24. The monoisotopic (exact) mass is 493 g/mol. The van der Waals surface area contributed by atoms with E-state index in [-0.39, 0.29) is 17.4 Å². The maximum atomic E-state index is 12.0. The normalized spacial score (nSPS) is 13.8. The highest BCUT2D eigenvalue weighted by Gasteiger charge is 2.20. The van der Waals surface area contributed by atoms with E-state index in [1.54, 1.807) is 24.4 Å². The zero-order chi connectivity index (χ0) is 26.0. The second kappa shape index (κ2) is 12.8. The van der Waals surface area contributed by atoms with Crippen LogP contribution in [0.1, 0.15) is 55.4 Å². The minimum absolute atomic E-state index is 0.110. The molecule has 192 valence electrons. The topological polar surface area (TPSA) is 118 Å². The Bertz CT molecular complexity index is 1120. The predicted octanol–water partition coefficient (Wildman–Crippen LogP) is 4.22. The number of nitrogens with one attached hydrogen (secondary N) is 3. The number of carbonyl (C=O) groups is 2. The smallest absolute Gasteiger partial charge is 0.230 e. The first-order valence-electron chi connectivity index (χ1n) is 12.1. The quantitative estimate of drug-likeness (QED) is 0.419. The van der Waals surface area contributed by atoms with Gasteiger partial charge in [0.1, 0.15) is 23.3 Å². The Hall–Kier alpha value is -3.72. The highest BCUT2D eigenvalue weighted by molar-refractivity contribution is 5.91. The first-order chi connectivity index (χ1) is 17.3. The molecule has 3 N–H and O–H groups in total. The molecular formula is C27H35N5O4. The molecule has 1 amide bonds. The fourth-order valence-corrected chi connectivity index (χ4v) is 3.52.